The highest BCUT2D eigenvalue weighted by Crippen LogP contribution is 2.24. The van der Waals surface area contributed by atoms with Crippen molar-refractivity contribution in [2.24, 2.45) is 0 Å². The lowest BCUT2D eigenvalue weighted by Gasteiger charge is -2.24. The molecule has 0 saturated carbocycles. The van der Waals surface area contributed by atoms with Gasteiger partial charge in [0.05, 0.1) is 5.69 Å². The number of hydrogen-bond donors (Lipinski definition) is 1. The Morgan fingerprint density at radius 2 is 1.80 bits per heavy atom. The van der Waals surface area contributed by atoms with Crippen LogP contribution < -0.4 is 4.90 Å². The zero-order valence-electron chi connectivity index (χ0n) is 8.14. The van der Waals surface area contributed by atoms with Crippen molar-refractivity contribution in [3.63, 3.8) is 0 Å². The molecule has 0 unspecified atom stereocenters. The molecule has 2 amide bonds. The number of rotatable bonds is 1. The van der Waals surface area contributed by atoms with Crippen molar-refractivity contribution in [3.8, 4) is 5.75 Å². The van der Waals surface area contributed by atoms with E-state index in [0.717, 1.165) is 4.90 Å². The van der Waals surface area contributed by atoms with Gasteiger partial charge >= 0.3 is 0 Å². The number of nitrogens with zero attached hydrogens (tertiary/aromatic N) is 1. The lowest BCUT2D eigenvalue weighted by atomic mass is 10.1. The predicted octanol–water partition coefficient (Wildman–Crippen LogP) is 1.44. The molecule has 1 aliphatic heterocycles. The van der Waals surface area contributed by atoms with Crippen LogP contribution in [0.25, 0.3) is 0 Å². The first-order valence-corrected chi connectivity index (χ1v) is 4.83. The van der Waals surface area contributed by atoms with Crippen LogP contribution in [0.2, 0.25) is 0 Å². The third-order valence-electron chi connectivity index (χ3n) is 2.37. The second kappa shape index (κ2) is 3.73. The van der Waals surface area contributed by atoms with Crippen LogP contribution in [-0.4, -0.2) is 16.9 Å². The zero-order chi connectivity index (χ0) is 10.8. The van der Waals surface area contributed by atoms with Gasteiger partial charge in [0.25, 0.3) is 0 Å². The fraction of sp³-hybridized carbons (Fsp3) is 0.273. The van der Waals surface area contributed by atoms with Crippen LogP contribution in [0.15, 0.2) is 24.3 Å². The number of piperidine rings is 1. The highest BCUT2D eigenvalue weighted by molar-refractivity contribution is 6.16. The summed E-state index contributed by atoms with van der Waals surface area (Å²) in [5, 5.41) is 9.27. The molecule has 1 fully saturated rings. The minimum Gasteiger partial charge on any atom is -0.508 e. The molecular formula is C11H11NO3. The van der Waals surface area contributed by atoms with Crippen LogP contribution in [0.4, 0.5) is 5.69 Å². The Balaban J connectivity index is 2.35. The summed E-state index contributed by atoms with van der Waals surface area (Å²) in [5.41, 5.74) is 0.449. The van der Waals surface area contributed by atoms with Crippen molar-refractivity contribution in [1.82, 2.24) is 0 Å². The highest BCUT2D eigenvalue weighted by atomic mass is 16.3. The number of carbonyl (C=O) groups is 2. The van der Waals surface area contributed by atoms with E-state index in [0.29, 0.717) is 24.9 Å². The third-order valence-corrected chi connectivity index (χ3v) is 2.37. The van der Waals surface area contributed by atoms with Crippen LogP contribution in [-0.2, 0) is 9.59 Å². The van der Waals surface area contributed by atoms with Gasteiger partial charge in [-0.05, 0) is 18.6 Å². The minimum absolute atomic E-state index is 0.0543. The average Bonchev–Trinajstić information content (AvgIpc) is 2.17. The molecular weight excluding hydrogens is 194 g/mol. The summed E-state index contributed by atoms with van der Waals surface area (Å²) in [6.07, 6.45) is 1.40. The molecule has 0 aliphatic carbocycles. The summed E-state index contributed by atoms with van der Waals surface area (Å²) >= 11 is 0. The number of anilines is 1. The lowest BCUT2D eigenvalue weighted by Crippen LogP contribution is -2.40. The van der Waals surface area contributed by atoms with E-state index in [-0.39, 0.29) is 17.6 Å². The maximum Gasteiger partial charge on any atom is 0.233 e. The predicted molar refractivity (Wildman–Crippen MR) is 54.5 cm³/mol. The van der Waals surface area contributed by atoms with Gasteiger partial charge in [-0.1, -0.05) is 6.07 Å². The molecule has 1 aliphatic rings. The van der Waals surface area contributed by atoms with Gasteiger partial charge in [-0.25, -0.2) is 0 Å². The Morgan fingerprint density at radius 3 is 2.40 bits per heavy atom. The molecule has 0 radical (unpaired) electrons. The van der Waals surface area contributed by atoms with Crippen LogP contribution in [0.3, 0.4) is 0 Å². The molecule has 0 bridgehead atoms. The summed E-state index contributed by atoms with van der Waals surface area (Å²) in [7, 11) is 0. The molecule has 1 saturated heterocycles. The number of hydrogen-bond acceptors (Lipinski definition) is 3. The third kappa shape index (κ3) is 1.83. The van der Waals surface area contributed by atoms with Gasteiger partial charge in [0, 0.05) is 18.9 Å². The van der Waals surface area contributed by atoms with Gasteiger partial charge in [0.1, 0.15) is 5.75 Å². The second-order valence-electron chi connectivity index (χ2n) is 3.50. The maximum atomic E-state index is 11.5. The van der Waals surface area contributed by atoms with Crippen LogP contribution >= 0.6 is 0 Å². The number of phenolic OH excluding ortho intramolecular Hbond substituents is 1. The number of benzene rings is 1. The first-order valence-electron chi connectivity index (χ1n) is 4.83. The molecule has 78 valence electrons. The molecule has 0 aromatic heterocycles. The zero-order valence-corrected chi connectivity index (χ0v) is 8.14. The molecule has 2 rings (SSSR count). The Kier molecular flexibility index (Phi) is 2.41. The molecule has 15 heavy (non-hydrogen) atoms. The summed E-state index contributed by atoms with van der Waals surface area (Å²) < 4.78 is 0. The maximum absolute atomic E-state index is 11.5. The van der Waals surface area contributed by atoms with E-state index in [4.69, 9.17) is 0 Å². The molecule has 1 N–H and O–H groups in total. The van der Waals surface area contributed by atoms with E-state index in [2.05, 4.69) is 0 Å². The van der Waals surface area contributed by atoms with E-state index in [1.807, 2.05) is 0 Å². The normalized spacial score (nSPS) is 16.9. The second-order valence-corrected chi connectivity index (χ2v) is 3.50. The molecule has 4 heteroatoms. The van der Waals surface area contributed by atoms with Gasteiger partial charge in [0.2, 0.25) is 11.8 Å². The number of imide groups is 1. The van der Waals surface area contributed by atoms with Gasteiger partial charge in [-0.3, -0.25) is 14.5 Å². The number of amides is 2. The molecule has 0 atom stereocenters. The van der Waals surface area contributed by atoms with Crippen LogP contribution in [0.5, 0.6) is 5.75 Å². The largest absolute Gasteiger partial charge is 0.508 e. The van der Waals surface area contributed by atoms with Crippen molar-refractivity contribution in [1.29, 1.82) is 0 Å². The van der Waals surface area contributed by atoms with Crippen molar-refractivity contribution in [2.75, 3.05) is 4.90 Å². The van der Waals surface area contributed by atoms with Gasteiger partial charge in [0.15, 0.2) is 0 Å². The first kappa shape index (κ1) is 9.71. The monoisotopic (exact) mass is 205 g/mol. The van der Waals surface area contributed by atoms with Crippen LogP contribution in [0.1, 0.15) is 19.3 Å². The SMILES string of the molecule is O=C1CCCC(=O)N1c1cccc(O)c1. The standard InChI is InChI=1S/C11H11NO3/c13-9-4-1-3-8(7-9)12-10(14)5-2-6-11(12)15/h1,3-4,7,13H,2,5-6H2. The topological polar surface area (TPSA) is 57.6 Å². The molecule has 1 aromatic carbocycles. The van der Waals surface area contributed by atoms with E-state index >= 15 is 0 Å². The smallest absolute Gasteiger partial charge is 0.233 e. The summed E-state index contributed by atoms with van der Waals surface area (Å²) in [4.78, 5) is 24.2. The Labute approximate surface area is 87.1 Å². The summed E-state index contributed by atoms with van der Waals surface area (Å²) in [6, 6.07) is 6.17. The fourth-order valence-electron chi connectivity index (χ4n) is 1.67. The summed E-state index contributed by atoms with van der Waals surface area (Å²) in [6.45, 7) is 0. The first-order chi connectivity index (χ1) is 7.18. The van der Waals surface area contributed by atoms with Crippen molar-refractivity contribution < 1.29 is 14.7 Å². The molecule has 4 nitrogen and oxygen atoms in total. The van der Waals surface area contributed by atoms with Gasteiger partial charge < -0.3 is 5.11 Å². The number of phenols is 1. The van der Waals surface area contributed by atoms with E-state index in [1.54, 1.807) is 12.1 Å². The molecule has 1 heterocycles. The fourth-order valence-corrected chi connectivity index (χ4v) is 1.67. The minimum atomic E-state index is -0.197. The Bertz CT molecular complexity index is 398. The number of carbonyl (C=O) groups excluding carboxylic acids is 2. The summed E-state index contributed by atoms with van der Waals surface area (Å²) in [5.74, 6) is -0.340. The van der Waals surface area contributed by atoms with Gasteiger partial charge in [-0.2, -0.15) is 0 Å². The van der Waals surface area contributed by atoms with E-state index < -0.39 is 0 Å². The van der Waals surface area contributed by atoms with Crippen molar-refractivity contribution in [3.05, 3.63) is 24.3 Å². The van der Waals surface area contributed by atoms with Crippen LogP contribution in [0, 0.1) is 0 Å². The average molecular weight is 205 g/mol. The van der Waals surface area contributed by atoms with E-state index in [9.17, 15) is 14.7 Å². The Morgan fingerprint density at radius 1 is 1.13 bits per heavy atom. The van der Waals surface area contributed by atoms with Gasteiger partial charge in [-0.15, -0.1) is 0 Å². The van der Waals surface area contributed by atoms with E-state index in [1.165, 1.54) is 12.1 Å². The highest BCUT2D eigenvalue weighted by Gasteiger charge is 2.27. The lowest BCUT2D eigenvalue weighted by molar-refractivity contribution is -0.129. The quantitative estimate of drug-likeness (QED) is 0.705. The van der Waals surface area contributed by atoms with Crippen molar-refractivity contribution >= 4 is 17.5 Å². The molecule has 1 aromatic rings. The number of aromatic hydroxyl groups is 1. The van der Waals surface area contributed by atoms with Crippen molar-refractivity contribution in [2.45, 2.75) is 19.3 Å². The molecule has 0 spiro atoms. The Hall–Kier alpha value is -1.84.